The molecule has 2 bridgehead atoms. The van der Waals surface area contributed by atoms with Gasteiger partial charge in [-0.3, -0.25) is 9.59 Å². The highest BCUT2D eigenvalue weighted by Gasteiger charge is 2.55. The van der Waals surface area contributed by atoms with Crippen molar-refractivity contribution in [3.05, 3.63) is 60.2 Å². The summed E-state index contributed by atoms with van der Waals surface area (Å²) in [7, 11) is 0. The molecule has 7 nitrogen and oxygen atoms in total. The Kier molecular flexibility index (Phi) is 6.38. The first-order valence-electron chi connectivity index (χ1n) is 12.7. The van der Waals surface area contributed by atoms with E-state index in [2.05, 4.69) is 22.1 Å². The van der Waals surface area contributed by atoms with Gasteiger partial charge in [0.1, 0.15) is 12.9 Å². The number of benzene rings is 1. The Labute approximate surface area is 201 Å². The Morgan fingerprint density at radius 1 is 1.00 bits per heavy atom. The summed E-state index contributed by atoms with van der Waals surface area (Å²) in [5.74, 6) is -0.121. The van der Waals surface area contributed by atoms with Crippen LogP contribution >= 0.6 is 0 Å². The summed E-state index contributed by atoms with van der Waals surface area (Å²) < 4.78 is 6.95. The second-order valence-electron chi connectivity index (χ2n) is 10.5. The predicted molar refractivity (Wildman–Crippen MR) is 127 cm³/mol. The monoisotopic (exact) mass is 463 g/mol. The average molecular weight is 464 g/mol. The van der Waals surface area contributed by atoms with Crippen LogP contribution in [0.15, 0.2) is 49.1 Å². The number of nitrogens with two attached hydrogens (primary N) is 1. The van der Waals surface area contributed by atoms with Crippen molar-refractivity contribution in [3.63, 3.8) is 0 Å². The molecule has 180 valence electrons. The van der Waals surface area contributed by atoms with E-state index >= 15 is 0 Å². The zero-order valence-corrected chi connectivity index (χ0v) is 19.8. The van der Waals surface area contributed by atoms with Crippen molar-refractivity contribution in [3.8, 4) is 0 Å². The van der Waals surface area contributed by atoms with Gasteiger partial charge in [-0.1, -0.05) is 56.0 Å². The molecule has 0 spiro atoms. The van der Waals surface area contributed by atoms with Gasteiger partial charge in [0, 0.05) is 31.2 Å². The maximum absolute atomic E-state index is 14.0. The van der Waals surface area contributed by atoms with Crippen LogP contribution in [-0.2, 0) is 19.7 Å². The van der Waals surface area contributed by atoms with Gasteiger partial charge in [0.15, 0.2) is 12.1 Å². The third-order valence-electron chi connectivity index (χ3n) is 8.61. The number of piperidine rings is 3. The standard InChI is InChI=1S/C27H34N4O3/c28-25(32)24(21-16-29-19-30-17-21)31-14-10-20(11-15-31)23(18-31)34-26(33)27(12-6-1-2-7-13-27)22-8-4-3-5-9-22/h3-5,8-9,16-17,19-20,23-24H,1-2,6-7,10-15,18H2,(H-,28,32)/p+1/t20?,23-,24?,31?/m0/s1. The molecule has 0 radical (unpaired) electrons. The highest BCUT2D eigenvalue weighted by molar-refractivity contribution is 5.83. The molecule has 1 aromatic heterocycles. The number of fused-ring (bicyclic) bond motifs is 3. The zero-order chi connectivity index (χ0) is 23.6. The number of primary amides is 1. The number of hydrogen-bond acceptors (Lipinski definition) is 5. The quantitative estimate of drug-likeness (QED) is 0.402. The van der Waals surface area contributed by atoms with Crippen molar-refractivity contribution < 1.29 is 18.8 Å². The molecule has 1 unspecified atom stereocenters. The molecule has 1 aromatic carbocycles. The van der Waals surface area contributed by atoms with E-state index < -0.39 is 11.5 Å². The van der Waals surface area contributed by atoms with Crippen LogP contribution < -0.4 is 5.73 Å². The summed E-state index contributed by atoms with van der Waals surface area (Å²) in [4.78, 5) is 34.9. The van der Waals surface area contributed by atoms with Crippen molar-refractivity contribution in [1.29, 1.82) is 0 Å². The summed E-state index contributed by atoms with van der Waals surface area (Å²) in [5, 5.41) is 0. The number of hydrogen-bond donors (Lipinski definition) is 1. The molecule has 2 N–H and O–H groups in total. The second-order valence-corrected chi connectivity index (χ2v) is 10.5. The zero-order valence-electron chi connectivity index (χ0n) is 19.8. The lowest BCUT2D eigenvalue weighted by atomic mass is 9.74. The lowest BCUT2D eigenvalue weighted by Gasteiger charge is -2.54. The van der Waals surface area contributed by atoms with E-state index in [1.165, 1.54) is 6.33 Å². The third kappa shape index (κ3) is 4.11. The molecule has 6 rings (SSSR count). The average Bonchev–Trinajstić information content (AvgIpc) is 3.13. The topological polar surface area (TPSA) is 95.2 Å². The van der Waals surface area contributed by atoms with E-state index in [-0.39, 0.29) is 18.0 Å². The van der Waals surface area contributed by atoms with Gasteiger partial charge in [0.05, 0.1) is 24.1 Å². The number of rotatable bonds is 6. The lowest BCUT2D eigenvalue weighted by molar-refractivity contribution is -0.965. The maximum Gasteiger partial charge on any atom is 0.317 e. The minimum absolute atomic E-state index is 0.0869. The molecule has 2 atom stereocenters. The fraction of sp³-hybridized carbons (Fsp3) is 0.556. The Bertz CT molecular complexity index is 997. The fourth-order valence-electron chi connectivity index (χ4n) is 6.81. The van der Waals surface area contributed by atoms with Crippen molar-refractivity contribution in [2.75, 3.05) is 19.6 Å². The van der Waals surface area contributed by atoms with Crippen LogP contribution in [0.3, 0.4) is 0 Å². The first kappa shape index (κ1) is 23.0. The minimum Gasteiger partial charge on any atom is -0.455 e. The minimum atomic E-state index is -0.578. The van der Waals surface area contributed by atoms with E-state index in [1.807, 2.05) is 18.2 Å². The SMILES string of the molecule is NC(=O)C(c1cncnc1)[N+]12CCC(CC1)[C@@H](OC(=O)C1(c3ccccc3)CCCCCC1)C2. The fourth-order valence-corrected chi connectivity index (χ4v) is 6.81. The molecular formula is C27H35N4O3+. The first-order valence-corrected chi connectivity index (χ1v) is 12.7. The number of esters is 1. The highest BCUT2D eigenvalue weighted by atomic mass is 16.5. The number of ether oxygens (including phenoxy) is 1. The molecule has 1 amide bonds. The van der Waals surface area contributed by atoms with E-state index in [4.69, 9.17) is 10.5 Å². The maximum atomic E-state index is 14.0. The highest BCUT2D eigenvalue weighted by Crippen LogP contribution is 2.45. The van der Waals surface area contributed by atoms with Crippen LogP contribution in [0.25, 0.3) is 0 Å². The van der Waals surface area contributed by atoms with Gasteiger partial charge in [-0.25, -0.2) is 9.97 Å². The van der Waals surface area contributed by atoms with E-state index in [0.717, 1.165) is 75.6 Å². The van der Waals surface area contributed by atoms with Crippen molar-refractivity contribution >= 4 is 11.9 Å². The van der Waals surface area contributed by atoms with Gasteiger partial charge in [-0.05, 0) is 18.4 Å². The molecule has 2 aromatic rings. The van der Waals surface area contributed by atoms with E-state index in [0.29, 0.717) is 16.9 Å². The van der Waals surface area contributed by atoms with Gasteiger partial charge >= 0.3 is 5.97 Å². The summed E-state index contributed by atoms with van der Waals surface area (Å²) in [6.45, 7) is 2.32. The Hall–Kier alpha value is -2.80. The lowest BCUT2D eigenvalue weighted by Crippen LogP contribution is -2.67. The summed E-state index contributed by atoms with van der Waals surface area (Å²) >= 11 is 0. The van der Waals surface area contributed by atoms with Crippen molar-refractivity contribution in [2.24, 2.45) is 11.7 Å². The Morgan fingerprint density at radius 2 is 1.65 bits per heavy atom. The largest absolute Gasteiger partial charge is 0.455 e. The summed E-state index contributed by atoms with van der Waals surface area (Å²) in [6, 6.07) is 9.67. The number of nitrogens with zero attached hydrogens (tertiary/aromatic N) is 3. The number of carbonyl (C=O) groups excluding carboxylic acids is 2. The van der Waals surface area contributed by atoms with Crippen LogP contribution in [0.2, 0.25) is 0 Å². The molecule has 4 aliphatic rings. The molecule has 34 heavy (non-hydrogen) atoms. The Balaban J connectivity index is 1.42. The van der Waals surface area contributed by atoms with Gasteiger partial charge in [-0.15, -0.1) is 0 Å². The predicted octanol–water partition coefficient (Wildman–Crippen LogP) is 3.45. The summed E-state index contributed by atoms with van der Waals surface area (Å²) in [5.41, 5.74) is 7.17. The van der Waals surface area contributed by atoms with Crippen LogP contribution in [0, 0.1) is 5.92 Å². The van der Waals surface area contributed by atoms with Crippen LogP contribution in [0.1, 0.15) is 68.5 Å². The molecular weight excluding hydrogens is 428 g/mol. The molecule has 4 heterocycles. The molecule has 4 fully saturated rings. The van der Waals surface area contributed by atoms with Crippen molar-refractivity contribution in [2.45, 2.75) is 68.9 Å². The van der Waals surface area contributed by atoms with Crippen molar-refractivity contribution in [1.82, 2.24) is 9.97 Å². The smallest absolute Gasteiger partial charge is 0.317 e. The van der Waals surface area contributed by atoms with Crippen LogP contribution in [0.5, 0.6) is 0 Å². The molecule has 1 aliphatic carbocycles. The molecule has 3 aliphatic heterocycles. The number of carbonyl (C=O) groups is 2. The number of aromatic nitrogens is 2. The van der Waals surface area contributed by atoms with Gasteiger partial charge < -0.3 is 15.0 Å². The summed E-state index contributed by atoms with van der Waals surface area (Å²) in [6.07, 6.45) is 12.5. The molecule has 7 heteroatoms. The number of quaternary nitrogens is 1. The first-order chi connectivity index (χ1) is 16.5. The third-order valence-corrected chi connectivity index (χ3v) is 8.61. The second kappa shape index (κ2) is 9.45. The van der Waals surface area contributed by atoms with Gasteiger partial charge in [-0.2, -0.15) is 0 Å². The normalized spacial score (nSPS) is 29.1. The van der Waals surface area contributed by atoms with Gasteiger partial charge in [0.25, 0.3) is 5.91 Å². The van der Waals surface area contributed by atoms with Crippen LogP contribution in [0.4, 0.5) is 0 Å². The molecule has 3 saturated heterocycles. The van der Waals surface area contributed by atoms with Gasteiger partial charge in [0.2, 0.25) is 0 Å². The van der Waals surface area contributed by atoms with Crippen LogP contribution in [-0.4, -0.2) is 52.1 Å². The molecule has 1 saturated carbocycles. The van der Waals surface area contributed by atoms with E-state index in [1.54, 1.807) is 12.4 Å². The number of amides is 1. The Morgan fingerprint density at radius 3 is 2.26 bits per heavy atom. The van der Waals surface area contributed by atoms with E-state index in [9.17, 15) is 9.59 Å².